The van der Waals surface area contributed by atoms with Gasteiger partial charge >= 0.3 is 5.97 Å². The van der Waals surface area contributed by atoms with Crippen molar-refractivity contribution in [2.45, 2.75) is 91.1 Å². The van der Waals surface area contributed by atoms with Crippen LogP contribution in [-0.2, 0) is 22.7 Å². The van der Waals surface area contributed by atoms with Crippen molar-refractivity contribution >= 4 is 20.1 Å². The molecule has 46 heavy (non-hydrogen) atoms. The number of benzene rings is 2. The number of aryl methyl sites for hydroxylation is 1. The Morgan fingerprint density at radius 3 is 2.28 bits per heavy atom. The number of hydrogen-bond donors (Lipinski definition) is 2. The molecule has 246 valence electrons. The molecule has 0 unspecified atom stereocenters. The molecule has 0 radical (unpaired) electrons. The summed E-state index contributed by atoms with van der Waals surface area (Å²) in [5, 5.41) is 8.57. The first-order chi connectivity index (χ1) is 21.9. The zero-order valence-corrected chi connectivity index (χ0v) is 29.5. The second-order valence-electron chi connectivity index (χ2n) is 13.3. The van der Waals surface area contributed by atoms with Crippen LogP contribution in [0.5, 0.6) is 5.75 Å². The topological polar surface area (TPSA) is 98.5 Å². The fourth-order valence-corrected chi connectivity index (χ4v) is 5.93. The van der Waals surface area contributed by atoms with Crippen LogP contribution in [0.25, 0.3) is 22.4 Å². The van der Waals surface area contributed by atoms with Gasteiger partial charge in [0.25, 0.3) is 0 Å². The molecular formula is C37H50N4O4Si. The molecule has 0 bridgehead atoms. The third-order valence-electron chi connectivity index (χ3n) is 8.86. The van der Waals surface area contributed by atoms with Gasteiger partial charge in [-0.25, -0.2) is 4.68 Å². The van der Waals surface area contributed by atoms with E-state index in [0.717, 1.165) is 52.4 Å². The third-order valence-corrected chi connectivity index (χ3v) is 12.4. The molecule has 2 aromatic heterocycles. The highest BCUT2D eigenvalue weighted by Gasteiger charge is 2.37. The number of nitrogens with one attached hydrogen (secondary N) is 1. The lowest BCUT2D eigenvalue weighted by molar-refractivity contribution is -0.143. The van der Waals surface area contributed by atoms with Gasteiger partial charge in [0, 0.05) is 24.5 Å². The lowest BCUT2D eigenvalue weighted by Crippen LogP contribution is -2.39. The van der Waals surface area contributed by atoms with Gasteiger partial charge in [-0.15, -0.1) is 0 Å². The molecule has 0 aliphatic rings. The maximum Gasteiger partial charge on any atom is 0.307 e. The molecule has 0 saturated heterocycles. The number of carbonyl (C=O) groups is 1. The van der Waals surface area contributed by atoms with Gasteiger partial charge in [0.05, 0.1) is 25.1 Å². The highest BCUT2D eigenvalue weighted by molar-refractivity contribution is 6.72. The molecule has 4 aromatic rings. The van der Waals surface area contributed by atoms with Crippen LogP contribution in [-0.4, -0.2) is 47.0 Å². The number of hydrogen-bond acceptors (Lipinski definition) is 7. The Kier molecular flexibility index (Phi) is 11.8. The zero-order valence-electron chi connectivity index (χ0n) is 28.5. The lowest BCUT2D eigenvalue weighted by Gasteiger charge is -2.35. The SMILES string of the molecule is CCOC(=O)CCn1nc(-c2ccncc2)c(-c2ccc(OCc3ccc(C(C)C)cc3)cc2)c1NCCCC(C)(C)[Si](C)(C)O. The number of rotatable bonds is 16. The summed E-state index contributed by atoms with van der Waals surface area (Å²) in [6, 6.07) is 20.6. The monoisotopic (exact) mass is 642 g/mol. The molecule has 0 fully saturated rings. The average Bonchev–Trinajstić information content (AvgIpc) is 3.39. The number of aromatic nitrogens is 3. The van der Waals surface area contributed by atoms with Gasteiger partial charge < -0.3 is 19.6 Å². The Labute approximate surface area is 275 Å². The molecular weight excluding hydrogens is 593 g/mol. The standard InChI is InChI=1S/C37H50N4O4Si/c1-8-44-33(42)20-25-41-36(39-22-9-21-37(4,5)46(6,7)43)34(35(40-41)31-18-23-38-24-19-31)30-14-16-32(17-15-30)45-26-28-10-12-29(13-11-28)27(2)3/h10-19,23-24,27,39,43H,8-9,20-22,25-26H2,1-7H3. The number of carbonyl (C=O) groups excluding carboxylic acids is 1. The lowest BCUT2D eigenvalue weighted by atomic mass is 10.0. The van der Waals surface area contributed by atoms with Crippen molar-refractivity contribution in [2.24, 2.45) is 0 Å². The van der Waals surface area contributed by atoms with E-state index in [1.54, 1.807) is 12.4 Å². The van der Waals surface area contributed by atoms with Crippen LogP contribution in [0.2, 0.25) is 18.1 Å². The molecule has 2 N–H and O–H groups in total. The van der Waals surface area contributed by atoms with E-state index in [9.17, 15) is 9.59 Å². The van der Waals surface area contributed by atoms with Crippen LogP contribution in [0, 0.1) is 0 Å². The summed E-state index contributed by atoms with van der Waals surface area (Å²) < 4.78 is 13.2. The van der Waals surface area contributed by atoms with E-state index < -0.39 is 8.32 Å². The largest absolute Gasteiger partial charge is 0.489 e. The maximum atomic E-state index is 12.3. The summed E-state index contributed by atoms with van der Waals surface area (Å²) >= 11 is 0. The Hall–Kier alpha value is -3.95. The second kappa shape index (κ2) is 15.6. The molecule has 9 heteroatoms. The van der Waals surface area contributed by atoms with Gasteiger partial charge in [-0.1, -0.05) is 64.1 Å². The minimum Gasteiger partial charge on any atom is -0.489 e. The maximum absolute atomic E-state index is 12.3. The van der Waals surface area contributed by atoms with Crippen LogP contribution >= 0.6 is 0 Å². The molecule has 0 saturated carbocycles. The zero-order chi connectivity index (χ0) is 33.3. The summed E-state index contributed by atoms with van der Waals surface area (Å²) in [4.78, 5) is 27.4. The fraction of sp³-hybridized carbons (Fsp3) is 0.432. The van der Waals surface area contributed by atoms with Crippen molar-refractivity contribution in [1.82, 2.24) is 14.8 Å². The first-order valence-electron chi connectivity index (χ1n) is 16.3. The molecule has 2 aromatic carbocycles. The minimum atomic E-state index is -2.32. The predicted octanol–water partition coefficient (Wildman–Crippen LogP) is 8.44. The highest BCUT2D eigenvalue weighted by Crippen LogP contribution is 2.41. The summed E-state index contributed by atoms with van der Waals surface area (Å²) in [5.74, 6) is 1.86. The van der Waals surface area contributed by atoms with Crippen LogP contribution in [0.4, 0.5) is 5.82 Å². The van der Waals surface area contributed by atoms with Crippen molar-refractivity contribution in [2.75, 3.05) is 18.5 Å². The van der Waals surface area contributed by atoms with Crippen LogP contribution in [0.3, 0.4) is 0 Å². The fourth-order valence-electron chi connectivity index (χ4n) is 5.15. The molecule has 8 nitrogen and oxygen atoms in total. The Balaban J connectivity index is 1.63. The molecule has 2 heterocycles. The molecule has 0 amide bonds. The number of pyridine rings is 1. The molecule has 4 rings (SSSR count). The van der Waals surface area contributed by atoms with Gasteiger partial charge in [0.1, 0.15) is 23.9 Å². The predicted molar refractivity (Wildman–Crippen MR) is 188 cm³/mol. The van der Waals surface area contributed by atoms with Crippen molar-refractivity contribution in [3.63, 3.8) is 0 Å². The molecule has 0 spiro atoms. The van der Waals surface area contributed by atoms with Crippen molar-refractivity contribution in [1.29, 1.82) is 0 Å². The number of ether oxygens (including phenoxy) is 2. The van der Waals surface area contributed by atoms with E-state index in [2.05, 4.69) is 74.4 Å². The minimum absolute atomic E-state index is 0.115. The van der Waals surface area contributed by atoms with E-state index in [4.69, 9.17) is 14.6 Å². The molecule has 0 aliphatic carbocycles. The van der Waals surface area contributed by atoms with Gasteiger partial charge in [-0.2, -0.15) is 5.10 Å². The summed E-state index contributed by atoms with van der Waals surface area (Å²) in [6.45, 7) is 16.4. The summed E-state index contributed by atoms with van der Waals surface area (Å²) in [7, 11) is -2.32. The summed E-state index contributed by atoms with van der Waals surface area (Å²) in [6.07, 6.45) is 5.50. The van der Waals surface area contributed by atoms with E-state index in [1.165, 1.54) is 5.56 Å². The summed E-state index contributed by atoms with van der Waals surface area (Å²) in [5.41, 5.74) is 6.10. The third kappa shape index (κ3) is 9.07. The van der Waals surface area contributed by atoms with Crippen molar-refractivity contribution < 1.29 is 19.1 Å². The number of nitrogens with zero attached hydrogens (tertiary/aromatic N) is 3. The average molecular weight is 643 g/mol. The second-order valence-corrected chi connectivity index (χ2v) is 17.7. The number of anilines is 1. The van der Waals surface area contributed by atoms with Gasteiger partial charge in [0.2, 0.25) is 0 Å². The molecule has 0 aliphatic heterocycles. The van der Waals surface area contributed by atoms with Gasteiger partial charge in [0.15, 0.2) is 8.32 Å². The first kappa shape index (κ1) is 34.9. The first-order valence-corrected chi connectivity index (χ1v) is 19.3. The normalized spacial score (nSPS) is 11.9. The Morgan fingerprint density at radius 1 is 1.00 bits per heavy atom. The smallest absolute Gasteiger partial charge is 0.307 e. The van der Waals surface area contributed by atoms with Gasteiger partial charge in [-0.05, 0) is 84.8 Å². The van der Waals surface area contributed by atoms with Crippen LogP contribution in [0.1, 0.15) is 70.9 Å². The van der Waals surface area contributed by atoms with Gasteiger partial charge in [-0.3, -0.25) is 9.78 Å². The number of esters is 1. The van der Waals surface area contributed by atoms with Crippen LogP contribution < -0.4 is 10.1 Å². The van der Waals surface area contributed by atoms with E-state index in [0.29, 0.717) is 32.2 Å². The van der Waals surface area contributed by atoms with E-state index in [-0.39, 0.29) is 17.4 Å². The van der Waals surface area contributed by atoms with E-state index >= 15 is 0 Å². The Morgan fingerprint density at radius 2 is 1.67 bits per heavy atom. The van der Waals surface area contributed by atoms with Crippen molar-refractivity contribution in [3.05, 3.63) is 84.2 Å². The van der Waals surface area contributed by atoms with E-state index in [1.807, 2.05) is 49.0 Å². The quantitative estimate of drug-likeness (QED) is 0.0719. The Bertz CT molecular complexity index is 1540. The highest BCUT2D eigenvalue weighted by atomic mass is 28.4. The molecule has 0 atom stereocenters. The van der Waals surface area contributed by atoms with Crippen LogP contribution in [0.15, 0.2) is 73.1 Å². The van der Waals surface area contributed by atoms with Crippen molar-refractivity contribution in [3.8, 4) is 28.1 Å².